The maximum absolute atomic E-state index is 12.4. The predicted molar refractivity (Wildman–Crippen MR) is 269 cm³/mol. The van der Waals surface area contributed by atoms with Gasteiger partial charge in [-0.3, -0.25) is 9.59 Å². The minimum absolute atomic E-state index is 0.0124. The van der Waals surface area contributed by atoms with Crippen LogP contribution in [0.5, 0.6) is 0 Å². The fraction of sp³-hybridized carbons (Fsp3) is 0.821. The first-order chi connectivity index (χ1) is 30.5. The molecule has 0 radical (unpaired) electrons. The van der Waals surface area contributed by atoms with Crippen molar-refractivity contribution in [2.24, 2.45) is 0 Å². The quantitative estimate of drug-likeness (QED) is 0.0322. The minimum Gasteiger partial charge on any atom is -0.466 e. The summed E-state index contributed by atoms with van der Waals surface area (Å²) < 4.78 is 5.46. The van der Waals surface area contributed by atoms with Gasteiger partial charge in [0.1, 0.15) is 0 Å². The summed E-state index contributed by atoms with van der Waals surface area (Å²) in [6.45, 7) is 4.83. The van der Waals surface area contributed by atoms with Gasteiger partial charge in [-0.1, -0.05) is 223 Å². The molecule has 3 N–H and O–H groups in total. The van der Waals surface area contributed by atoms with Crippen molar-refractivity contribution >= 4 is 11.9 Å². The summed E-state index contributed by atoms with van der Waals surface area (Å²) in [5.74, 6) is -0.0922. The van der Waals surface area contributed by atoms with Gasteiger partial charge in [0.25, 0.3) is 0 Å². The van der Waals surface area contributed by atoms with Gasteiger partial charge >= 0.3 is 5.97 Å². The monoisotopic (exact) mass is 870 g/mol. The van der Waals surface area contributed by atoms with Crippen molar-refractivity contribution in [3.05, 3.63) is 48.6 Å². The molecular weight excluding hydrogens is 767 g/mol. The number of allylic oxidation sites excluding steroid dienone is 7. The van der Waals surface area contributed by atoms with E-state index in [0.717, 1.165) is 64.2 Å². The Morgan fingerprint density at radius 2 is 0.823 bits per heavy atom. The first kappa shape index (κ1) is 59.8. The number of esters is 1. The Labute approximate surface area is 385 Å². The van der Waals surface area contributed by atoms with Crippen LogP contribution in [0.4, 0.5) is 0 Å². The van der Waals surface area contributed by atoms with Crippen molar-refractivity contribution < 1.29 is 24.5 Å². The summed E-state index contributed by atoms with van der Waals surface area (Å²) in [6, 6.07) is -0.635. The molecule has 6 nitrogen and oxygen atoms in total. The second-order valence-electron chi connectivity index (χ2n) is 18.2. The average Bonchev–Trinajstić information content (AvgIpc) is 3.27. The fourth-order valence-electron chi connectivity index (χ4n) is 7.88. The summed E-state index contributed by atoms with van der Waals surface area (Å²) in [7, 11) is 0. The minimum atomic E-state index is -0.850. The zero-order chi connectivity index (χ0) is 45.1. The standard InChI is InChI=1S/C56H103NO5/c1-3-5-7-9-11-13-15-17-26-30-34-38-42-46-50-56(61)62-51-47-43-39-35-31-27-24-22-20-18-19-21-23-25-29-33-37-41-45-49-55(60)57-53(52-58)54(59)48-44-40-36-32-28-16-14-12-10-8-6-4-2/h9,11,15,17-19,44,48,53-54,58-59H,3-8,10,12-14,16,20-43,45-47,49-52H2,1-2H3,(H,57,60)/b11-9-,17-15-,19-18-,48-44+. The number of unbranched alkanes of at least 4 members (excludes halogenated alkanes) is 32. The van der Waals surface area contributed by atoms with E-state index in [-0.39, 0.29) is 18.5 Å². The van der Waals surface area contributed by atoms with E-state index in [1.165, 1.54) is 180 Å². The van der Waals surface area contributed by atoms with Crippen LogP contribution >= 0.6 is 0 Å². The van der Waals surface area contributed by atoms with Crippen LogP contribution in [0, 0.1) is 0 Å². The number of ether oxygens (including phenoxy) is 1. The molecule has 0 saturated carbocycles. The number of carbonyl (C=O) groups is 2. The van der Waals surface area contributed by atoms with Crippen molar-refractivity contribution in [3.63, 3.8) is 0 Å². The first-order valence-corrected chi connectivity index (χ1v) is 26.9. The summed E-state index contributed by atoms with van der Waals surface area (Å²) in [6.07, 6.45) is 64.0. The second kappa shape index (κ2) is 51.5. The molecule has 0 rings (SSSR count). The van der Waals surface area contributed by atoms with Gasteiger partial charge in [-0.2, -0.15) is 0 Å². The van der Waals surface area contributed by atoms with E-state index in [1.54, 1.807) is 6.08 Å². The Morgan fingerprint density at radius 3 is 1.29 bits per heavy atom. The fourth-order valence-corrected chi connectivity index (χ4v) is 7.88. The molecule has 0 aliphatic carbocycles. The topological polar surface area (TPSA) is 95.9 Å². The average molecular weight is 870 g/mol. The molecule has 2 atom stereocenters. The van der Waals surface area contributed by atoms with Crippen LogP contribution in [0.3, 0.4) is 0 Å². The summed E-state index contributed by atoms with van der Waals surface area (Å²) in [5, 5.41) is 23.0. The van der Waals surface area contributed by atoms with E-state index < -0.39 is 12.1 Å². The van der Waals surface area contributed by atoms with Crippen LogP contribution in [0.15, 0.2) is 48.6 Å². The van der Waals surface area contributed by atoms with Crippen molar-refractivity contribution in [2.75, 3.05) is 13.2 Å². The van der Waals surface area contributed by atoms with E-state index in [2.05, 4.69) is 55.6 Å². The number of aliphatic hydroxyl groups excluding tert-OH is 2. The Morgan fingerprint density at radius 1 is 0.452 bits per heavy atom. The lowest BCUT2D eigenvalue weighted by Gasteiger charge is -2.20. The van der Waals surface area contributed by atoms with Crippen molar-refractivity contribution in [1.29, 1.82) is 0 Å². The van der Waals surface area contributed by atoms with Crippen LogP contribution in [-0.2, 0) is 14.3 Å². The maximum Gasteiger partial charge on any atom is 0.305 e. The molecule has 0 aromatic carbocycles. The molecule has 1 amide bonds. The summed E-state index contributed by atoms with van der Waals surface area (Å²) >= 11 is 0. The van der Waals surface area contributed by atoms with Gasteiger partial charge in [0.2, 0.25) is 5.91 Å². The zero-order valence-electron chi connectivity index (χ0n) is 41.1. The van der Waals surface area contributed by atoms with Crippen molar-refractivity contribution in [2.45, 2.75) is 283 Å². The molecule has 0 spiro atoms. The summed E-state index contributed by atoms with van der Waals surface area (Å²) in [5.41, 5.74) is 0. The van der Waals surface area contributed by atoms with Crippen LogP contribution in [-0.4, -0.2) is 47.4 Å². The van der Waals surface area contributed by atoms with Crippen molar-refractivity contribution in [1.82, 2.24) is 5.32 Å². The predicted octanol–water partition coefficient (Wildman–Crippen LogP) is 16.2. The third-order valence-electron chi connectivity index (χ3n) is 12.1. The largest absolute Gasteiger partial charge is 0.466 e. The lowest BCUT2D eigenvalue weighted by molar-refractivity contribution is -0.143. The Hall–Kier alpha value is -2.18. The molecule has 62 heavy (non-hydrogen) atoms. The Balaban J connectivity index is 3.47. The number of hydrogen-bond acceptors (Lipinski definition) is 5. The van der Waals surface area contributed by atoms with E-state index in [4.69, 9.17) is 4.74 Å². The molecule has 0 aliphatic heterocycles. The number of amides is 1. The molecule has 0 fully saturated rings. The van der Waals surface area contributed by atoms with Crippen LogP contribution in [0.25, 0.3) is 0 Å². The van der Waals surface area contributed by atoms with Gasteiger partial charge in [0.15, 0.2) is 0 Å². The SMILES string of the molecule is CCCC/C=C\C/C=C\CCCCCCCC(=O)OCCCCCCCCCC/C=C\CCCCCCCCCC(=O)NC(CO)C(O)/C=C/CCCCCCCCCCCC. The molecular formula is C56H103NO5. The summed E-state index contributed by atoms with van der Waals surface area (Å²) in [4.78, 5) is 24.4. The number of aliphatic hydroxyl groups is 2. The van der Waals surface area contributed by atoms with Crippen LogP contribution in [0.1, 0.15) is 271 Å². The first-order valence-electron chi connectivity index (χ1n) is 26.9. The van der Waals surface area contributed by atoms with E-state index in [1.807, 2.05) is 6.08 Å². The molecule has 2 unspecified atom stereocenters. The van der Waals surface area contributed by atoms with E-state index in [0.29, 0.717) is 19.4 Å². The van der Waals surface area contributed by atoms with Gasteiger partial charge in [0, 0.05) is 12.8 Å². The molecule has 362 valence electrons. The smallest absolute Gasteiger partial charge is 0.305 e. The number of nitrogens with one attached hydrogen (secondary N) is 1. The highest BCUT2D eigenvalue weighted by molar-refractivity contribution is 5.76. The van der Waals surface area contributed by atoms with Gasteiger partial charge in [-0.25, -0.2) is 0 Å². The second-order valence-corrected chi connectivity index (χ2v) is 18.2. The van der Waals surface area contributed by atoms with Gasteiger partial charge in [0.05, 0.1) is 25.4 Å². The highest BCUT2D eigenvalue weighted by Crippen LogP contribution is 2.15. The molecule has 0 bridgehead atoms. The highest BCUT2D eigenvalue weighted by atomic mass is 16.5. The zero-order valence-corrected chi connectivity index (χ0v) is 41.1. The van der Waals surface area contributed by atoms with Crippen LogP contribution < -0.4 is 5.32 Å². The lowest BCUT2D eigenvalue weighted by Crippen LogP contribution is -2.45. The number of carbonyl (C=O) groups excluding carboxylic acids is 2. The Kier molecular flexibility index (Phi) is 49.6. The van der Waals surface area contributed by atoms with Crippen molar-refractivity contribution in [3.8, 4) is 0 Å². The molecule has 6 heteroatoms. The number of hydrogen-bond donors (Lipinski definition) is 3. The molecule has 0 heterocycles. The molecule has 0 aliphatic rings. The van der Waals surface area contributed by atoms with Gasteiger partial charge < -0.3 is 20.3 Å². The molecule has 0 aromatic heterocycles. The van der Waals surface area contributed by atoms with E-state index in [9.17, 15) is 19.8 Å². The molecule has 0 aromatic rings. The third-order valence-corrected chi connectivity index (χ3v) is 12.1. The van der Waals surface area contributed by atoms with Crippen LogP contribution in [0.2, 0.25) is 0 Å². The molecule has 0 saturated heterocycles. The van der Waals surface area contributed by atoms with E-state index >= 15 is 0 Å². The maximum atomic E-state index is 12.4. The lowest BCUT2D eigenvalue weighted by atomic mass is 10.0. The third kappa shape index (κ3) is 47.3. The van der Waals surface area contributed by atoms with Gasteiger partial charge in [-0.15, -0.1) is 0 Å². The Bertz CT molecular complexity index is 1050. The van der Waals surface area contributed by atoms with Gasteiger partial charge in [-0.05, 0) is 83.5 Å². The number of rotatable bonds is 49. The normalized spacial score (nSPS) is 13.0. The highest BCUT2D eigenvalue weighted by Gasteiger charge is 2.18.